The van der Waals surface area contributed by atoms with Crippen molar-refractivity contribution in [3.8, 4) is 11.3 Å². The minimum atomic E-state index is -0.488. The number of hydrogen-bond donors (Lipinski definition) is 2. The number of para-hydroxylation sites is 1. The van der Waals surface area contributed by atoms with E-state index in [4.69, 9.17) is 10.7 Å². The average molecular weight is 470 g/mol. The second-order valence-electron chi connectivity index (χ2n) is 9.26. The smallest absolute Gasteiger partial charge is 0.257 e. The summed E-state index contributed by atoms with van der Waals surface area (Å²) in [6.45, 7) is 6.32. The summed E-state index contributed by atoms with van der Waals surface area (Å²) in [7, 11) is 0. The van der Waals surface area contributed by atoms with E-state index in [2.05, 4.69) is 38.2 Å². The molecule has 2 amide bonds. The van der Waals surface area contributed by atoms with Gasteiger partial charge in [0.05, 0.1) is 22.3 Å². The maximum absolute atomic E-state index is 13.6. The Morgan fingerprint density at radius 1 is 1.12 bits per heavy atom. The van der Waals surface area contributed by atoms with Crippen LogP contribution in [0, 0.1) is 19.8 Å². The molecule has 5 nitrogen and oxygen atoms in total. The molecule has 172 valence electrons. The fourth-order valence-electron chi connectivity index (χ4n) is 4.87. The van der Waals surface area contributed by atoms with Crippen LogP contribution in [0.1, 0.15) is 55.6 Å². The molecule has 2 aromatic carbocycles. The lowest BCUT2D eigenvalue weighted by Gasteiger charge is -2.18. The lowest BCUT2D eigenvalue weighted by molar-refractivity contribution is 0.1000. The number of nitrogens with two attached hydrogens (primary N) is 1. The number of nitrogens with one attached hydrogen (secondary N) is 1. The number of nitrogens with zero attached hydrogens (tertiary/aromatic N) is 1. The van der Waals surface area contributed by atoms with Crippen molar-refractivity contribution in [3.63, 3.8) is 0 Å². The number of hydrogen-bond acceptors (Lipinski definition) is 4. The number of rotatable bonds is 4. The highest BCUT2D eigenvalue weighted by Gasteiger charge is 2.28. The fourth-order valence-corrected chi connectivity index (χ4v) is 6.28. The Bertz CT molecular complexity index is 1450. The molecule has 0 aliphatic heterocycles. The van der Waals surface area contributed by atoms with Crippen molar-refractivity contribution in [1.82, 2.24) is 4.98 Å². The summed E-state index contributed by atoms with van der Waals surface area (Å²) in [6, 6.07) is 15.7. The quantitative estimate of drug-likeness (QED) is 0.381. The van der Waals surface area contributed by atoms with Crippen molar-refractivity contribution in [2.45, 2.75) is 40.0 Å². The number of thiophene rings is 1. The summed E-state index contributed by atoms with van der Waals surface area (Å²) in [5, 5.41) is 4.34. The standard InChI is InChI=1S/C28H27N3O2S/c1-15-8-10-18(17(3)12-15)23-14-21(19-6-4-5-7-22(19)30-23)27(33)31-28-25(26(29)32)20-11-9-16(2)13-24(20)34-28/h4-8,10,12,14,16H,9,11,13H2,1-3H3,(H2,29,32)(H,31,33). The van der Waals surface area contributed by atoms with Crippen molar-refractivity contribution in [2.24, 2.45) is 11.7 Å². The van der Waals surface area contributed by atoms with Gasteiger partial charge in [0.1, 0.15) is 5.00 Å². The number of carbonyl (C=O) groups is 2. The minimum Gasteiger partial charge on any atom is -0.365 e. The number of pyridine rings is 1. The van der Waals surface area contributed by atoms with E-state index < -0.39 is 5.91 Å². The molecule has 5 rings (SSSR count). The molecular weight excluding hydrogens is 442 g/mol. The van der Waals surface area contributed by atoms with Gasteiger partial charge >= 0.3 is 0 Å². The molecule has 0 radical (unpaired) electrons. The number of aromatic nitrogens is 1. The molecule has 0 fully saturated rings. The first-order valence-electron chi connectivity index (χ1n) is 11.5. The van der Waals surface area contributed by atoms with Crippen molar-refractivity contribution >= 4 is 39.1 Å². The van der Waals surface area contributed by atoms with Gasteiger partial charge in [0.2, 0.25) is 0 Å². The van der Waals surface area contributed by atoms with Crippen LogP contribution in [0.4, 0.5) is 5.00 Å². The average Bonchev–Trinajstić information content (AvgIpc) is 3.15. The van der Waals surface area contributed by atoms with E-state index in [1.165, 1.54) is 16.9 Å². The van der Waals surface area contributed by atoms with Gasteiger partial charge in [0, 0.05) is 15.8 Å². The monoisotopic (exact) mass is 469 g/mol. The van der Waals surface area contributed by atoms with E-state index in [0.29, 0.717) is 22.0 Å². The molecule has 1 aliphatic rings. The van der Waals surface area contributed by atoms with Gasteiger partial charge in [-0.05, 0) is 62.3 Å². The molecule has 0 spiro atoms. The fraction of sp³-hybridized carbons (Fsp3) is 0.250. The van der Waals surface area contributed by atoms with E-state index in [0.717, 1.165) is 57.4 Å². The second kappa shape index (κ2) is 8.69. The summed E-state index contributed by atoms with van der Waals surface area (Å²) < 4.78 is 0. The highest BCUT2D eigenvalue weighted by molar-refractivity contribution is 7.17. The zero-order chi connectivity index (χ0) is 24.0. The van der Waals surface area contributed by atoms with Crippen molar-refractivity contribution < 1.29 is 9.59 Å². The van der Waals surface area contributed by atoms with Crippen LogP contribution in [0.2, 0.25) is 0 Å². The Kier molecular flexibility index (Phi) is 5.70. The number of benzene rings is 2. The largest absolute Gasteiger partial charge is 0.365 e. The number of fused-ring (bicyclic) bond motifs is 2. The molecule has 2 heterocycles. The second-order valence-corrected chi connectivity index (χ2v) is 10.4. The Morgan fingerprint density at radius 3 is 2.68 bits per heavy atom. The summed E-state index contributed by atoms with van der Waals surface area (Å²) in [5.41, 5.74) is 12.5. The molecule has 3 N–H and O–H groups in total. The van der Waals surface area contributed by atoms with Gasteiger partial charge in [-0.15, -0.1) is 11.3 Å². The Balaban J connectivity index is 1.60. The van der Waals surface area contributed by atoms with E-state index in [9.17, 15) is 9.59 Å². The van der Waals surface area contributed by atoms with Gasteiger partial charge < -0.3 is 11.1 Å². The third-order valence-electron chi connectivity index (χ3n) is 6.60. The Labute approximate surface area is 203 Å². The molecule has 1 aliphatic carbocycles. The first-order chi connectivity index (χ1) is 16.3. The normalized spacial score (nSPS) is 15.2. The van der Waals surface area contributed by atoms with E-state index in [1.54, 1.807) is 0 Å². The lowest BCUT2D eigenvalue weighted by Crippen LogP contribution is -2.19. The van der Waals surface area contributed by atoms with Crippen molar-refractivity contribution in [2.75, 3.05) is 5.32 Å². The Hall–Kier alpha value is -3.51. The van der Waals surface area contributed by atoms with Gasteiger partial charge in [-0.2, -0.15) is 0 Å². The van der Waals surface area contributed by atoms with Crippen LogP contribution >= 0.6 is 11.3 Å². The zero-order valence-corrected chi connectivity index (χ0v) is 20.4. The molecule has 1 unspecified atom stereocenters. The van der Waals surface area contributed by atoms with Crippen LogP contribution in [0.15, 0.2) is 48.5 Å². The third-order valence-corrected chi connectivity index (χ3v) is 7.77. The SMILES string of the molecule is Cc1ccc(-c2cc(C(=O)Nc3sc4c(c3C(N)=O)CCC(C)C4)c3ccccc3n2)c(C)c1. The van der Waals surface area contributed by atoms with Gasteiger partial charge in [0.15, 0.2) is 0 Å². The lowest BCUT2D eigenvalue weighted by atomic mass is 9.88. The molecule has 0 saturated carbocycles. The molecule has 0 bridgehead atoms. The van der Waals surface area contributed by atoms with Gasteiger partial charge in [-0.25, -0.2) is 4.98 Å². The number of aryl methyl sites for hydroxylation is 2. The highest BCUT2D eigenvalue weighted by atomic mass is 32.1. The van der Waals surface area contributed by atoms with Crippen LogP contribution in [-0.2, 0) is 12.8 Å². The molecular formula is C28H27N3O2S. The predicted molar refractivity (Wildman–Crippen MR) is 139 cm³/mol. The van der Waals surface area contributed by atoms with E-state index in [1.807, 2.05) is 36.4 Å². The first-order valence-corrected chi connectivity index (χ1v) is 12.4. The van der Waals surface area contributed by atoms with Gasteiger partial charge in [-0.3, -0.25) is 9.59 Å². The maximum atomic E-state index is 13.6. The number of amides is 2. The van der Waals surface area contributed by atoms with E-state index >= 15 is 0 Å². The number of anilines is 1. The van der Waals surface area contributed by atoms with Crippen molar-refractivity contribution in [3.05, 3.63) is 81.2 Å². The van der Waals surface area contributed by atoms with Crippen molar-refractivity contribution in [1.29, 1.82) is 0 Å². The van der Waals surface area contributed by atoms with E-state index in [-0.39, 0.29) is 5.91 Å². The topological polar surface area (TPSA) is 85.1 Å². The summed E-state index contributed by atoms with van der Waals surface area (Å²) in [5.74, 6) is -0.198. The van der Waals surface area contributed by atoms with Gasteiger partial charge in [-0.1, -0.05) is 48.9 Å². The van der Waals surface area contributed by atoms with Crippen LogP contribution < -0.4 is 11.1 Å². The summed E-state index contributed by atoms with van der Waals surface area (Å²) in [6.07, 6.45) is 2.74. The molecule has 4 aromatic rings. The summed E-state index contributed by atoms with van der Waals surface area (Å²) >= 11 is 1.48. The maximum Gasteiger partial charge on any atom is 0.257 e. The molecule has 0 saturated heterocycles. The number of carbonyl (C=O) groups excluding carboxylic acids is 2. The number of primary amides is 1. The first kappa shape index (κ1) is 22.3. The molecule has 1 atom stereocenters. The van der Waals surface area contributed by atoms with Crippen LogP contribution in [0.25, 0.3) is 22.2 Å². The molecule has 2 aromatic heterocycles. The molecule has 34 heavy (non-hydrogen) atoms. The van der Waals surface area contributed by atoms with Crippen LogP contribution in [0.3, 0.4) is 0 Å². The zero-order valence-electron chi connectivity index (χ0n) is 19.6. The van der Waals surface area contributed by atoms with Crippen LogP contribution in [0.5, 0.6) is 0 Å². The summed E-state index contributed by atoms with van der Waals surface area (Å²) in [4.78, 5) is 31.9. The Morgan fingerprint density at radius 2 is 1.91 bits per heavy atom. The third kappa shape index (κ3) is 3.99. The van der Waals surface area contributed by atoms with Gasteiger partial charge in [0.25, 0.3) is 11.8 Å². The molecule has 6 heteroatoms. The highest BCUT2D eigenvalue weighted by Crippen LogP contribution is 2.40. The minimum absolute atomic E-state index is 0.265. The predicted octanol–water partition coefficient (Wildman–Crippen LogP) is 6.06. The van der Waals surface area contributed by atoms with Crippen LogP contribution in [-0.4, -0.2) is 16.8 Å².